The zero-order valence-corrected chi connectivity index (χ0v) is 7.12. The molecule has 2 heteroatoms. The molecular formula is C10H12O2. The van der Waals surface area contributed by atoms with Crippen molar-refractivity contribution in [2.24, 2.45) is 0 Å². The van der Waals surface area contributed by atoms with Gasteiger partial charge in [0, 0.05) is 6.42 Å². The second-order valence-corrected chi connectivity index (χ2v) is 2.73. The van der Waals surface area contributed by atoms with E-state index in [2.05, 4.69) is 0 Å². The van der Waals surface area contributed by atoms with Gasteiger partial charge in [-0.15, -0.1) is 0 Å². The second kappa shape index (κ2) is 4.54. The standard InChI is InChI=1S/C10H12O2/c1-9(6-7-11)4-5-10-3-2-8-12-10/h2-3,6-8H,4-5H2,1H3. The van der Waals surface area contributed by atoms with Crippen molar-refractivity contribution < 1.29 is 9.21 Å². The molecule has 0 fully saturated rings. The van der Waals surface area contributed by atoms with Crippen LogP contribution in [0.15, 0.2) is 34.5 Å². The summed E-state index contributed by atoms with van der Waals surface area (Å²) in [7, 11) is 0. The van der Waals surface area contributed by atoms with E-state index in [0.717, 1.165) is 30.5 Å². The molecule has 1 aromatic rings. The van der Waals surface area contributed by atoms with E-state index in [-0.39, 0.29) is 0 Å². The molecule has 0 radical (unpaired) electrons. The Morgan fingerprint density at radius 1 is 1.67 bits per heavy atom. The average molecular weight is 164 g/mol. The maximum atomic E-state index is 10.1. The number of allylic oxidation sites excluding steroid dienone is 2. The van der Waals surface area contributed by atoms with Crippen LogP contribution in [0, 0.1) is 0 Å². The molecule has 0 saturated heterocycles. The first-order valence-electron chi connectivity index (χ1n) is 3.96. The van der Waals surface area contributed by atoms with Crippen LogP contribution in [-0.4, -0.2) is 6.29 Å². The zero-order chi connectivity index (χ0) is 8.81. The number of hydrogen-bond donors (Lipinski definition) is 0. The summed E-state index contributed by atoms with van der Waals surface area (Å²) in [5, 5.41) is 0. The normalized spacial score (nSPS) is 11.6. The molecule has 0 atom stereocenters. The topological polar surface area (TPSA) is 30.2 Å². The number of carbonyl (C=O) groups excluding carboxylic acids is 1. The second-order valence-electron chi connectivity index (χ2n) is 2.73. The van der Waals surface area contributed by atoms with Crippen molar-refractivity contribution in [2.75, 3.05) is 0 Å². The van der Waals surface area contributed by atoms with Gasteiger partial charge in [0.25, 0.3) is 0 Å². The molecule has 1 heterocycles. The number of furan rings is 1. The fourth-order valence-corrected chi connectivity index (χ4v) is 0.975. The van der Waals surface area contributed by atoms with Crippen LogP contribution in [0.3, 0.4) is 0 Å². The van der Waals surface area contributed by atoms with Gasteiger partial charge in [-0.25, -0.2) is 0 Å². The number of aldehydes is 1. The molecule has 64 valence electrons. The smallest absolute Gasteiger partial charge is 0.142 e. The SMILES string of the molecule is CC(=CC=O)CCc1ccco1. The molecule has 0 unspecified atom stereocenters. The van der Waals surface area contributed by atoms with Gasteiger partial charge < -0.3 is 4.42 Å². The van der Waals surface area contributed by atoms with Crippen LogP contribution in [-0.2, 0) is 11.2 Å². The first-order valence-corrected chi connectivity index (χ1v) is 3.96. The molecule has 1 aromatic heterocycles. The maximum absolute atomic E-state index is 10.1. The molecule has 0 N–H and O–H groups in total. The molecule has 12 heavy (non-hydrogen) atoms. The highest BCUT2D eigenvalue weighted by atomic mass is 16.3. The predicted molar refractivity (Wildman–Crippen MR) is 46.9 cm³/mol. The summed E-state index contributed by atoms with van der Waals surface area (Å²) in [5.74, 6) is 0.966. The van der Waals surface area contributed by atoms with Crippen LogP contribution in [0.25, 0.3) is 0 Å². The van der Waals surface area contributed by atoms with Crippen LogP contribution in [0.5, 0.6) is 0 Å². The summed E-state index contributed by atoms with van der Waals surface area (Å²) in [6, 6.07) is 3.81. The van der Waals surface area contributed by atoms with E-state index in [4.69, 9.17) is 4.42 Å². The van der Waals surface area contributed by atoms with Gasteiger partial charge >= 0.3 is 0 Å². The van der Waals surface area contributed by atoms with Crippen LogP contribution in [0.2, 0.25) is 0 Å². The Bertz CT molecular complexity index is 257. The van der Waals surface area contributed by atoms with E-state index in [9.17, 15) is 4.79 Å². The van der Waals surface area contributed by atoms with Crippen LogP contribution in [0.4, 0.5) is 0 Å². The van der Waals surface area contributed by atoms with E-state index < -0.39 is 0 Å². The summed E-state index contributed by atoms with van der Waals surface area (Å²) in [4.78, 5) is 10.1. The predicted octanol–water partition coefficient (Wildman–Crippen LogP) is 2.36. The highest BCUT2D eigenvalue weighted by molar-refractivity contribution is 5.65. The van der Waals surface area contributed by atoms with Gasteiger partial charge in [0.05, 0.1) is 6.26 Å². The first-order chi connectivity index (χ1) is 5.83. The van der Waals surface area contributed by atoms with E-state index in [1.165, 1.54) is 0 Å². The van der Waals surface area contributed by atoms with Crippen LogP contribution in [0.1, 0.15) is 19.1 Å². The van der Waals surface area contributed by atoms with Crippen molar-refractivity contribution in [3.05, 3.63) is 35.8 Å². The van der Waals surface area contributed by atoms with E-state index in [1.807, 2.05) is 19.1 Å². The summed E-state index contributed by atoms with van der Waals surface area (Å²) >= 11 is 0. The lowest BCUT2D eigenvalue weighted by Gasteiger charge is -1.95. The average Bonchev–Trinajstić information content (AvgIpc) is 2.53. The molecule has 0 spiro atoms. The van der Waals surface area contributed by atoms with Crippen molar-refractivity contribution in [1.82, 2.24) is 0 Å². The Kier molecular flexibility index (Phi) is 3.33. The summed E-state index contributed by atoms with van der Waals surface area (Å²) < 4.78 is 5.15. The Labute approximate surface area is 71.9 Å². The van der Waals surface area contributed by atoms with E-state index in [1.54, 1.807) is 12.3 Å². The number of rotatable bonds is 4. The lowest BCUT2D eigenvalue weighted by atomic mass is 10.1. The highest BCUT2D eigenvalue weighted by Gasteiger charge is 1.95. The van der Waals surface area contributed by atoms with Gasteiger partial charge in [-0.05, 0) is 31.6 Å². The molecular weight excluding hydrogens is 152 g/mol. The van der Waals surface area contributed by atoms with Gasteiger partial charge in [-0.2, -0.15) is 0 Å². The Balaban J connectivity index is 2.36. The fourth-order valence-electron chi connectivity index (χ4n) is 0.975. The third-order valence-electron chi connectivity index (χ3n) is 1.70. The molecule has 2 nitrogen and oxygen atoms in total. The molecule has 0 aromatic carbocycles. The largest absolute Gasteiger partial charge is 0.469 e. The summed E-state index contributed by atoms with van der Waals surface area (Å²) in [5.41, 5.74) is 1.08. The van der Waals surface area contributed by atoms with Gasteiger partial charge in [0.15, 0.2) is 0 Å². The van der Waals surface area contributed by atoms with Crippen LogP contribution < -0.4 is 0 Å². The lowest BCUT2D eigenvalue weighted by molar-refractivity contribution is -0.104. The lowest BCUT2D eigenvalue weighted by Crippen LogP contribution is -1.83. The Morgan fingerprint density at radius 3 is 3.08 bits per heavy atom. The molecule has 0 aliphatic rings. The third-order valence-corrected chi connectivity index (χ3v) is 1.70. The van der Waals surface area contributed by atoms with Crippen molar-refractivity contribution in [1.29, 1.82) is 0 Å². The van der Waals surface area contributed by atoms with Gasteiger partial charge in [-0.1, -0.05) is 5.57 Å². The Morgan fingerprint density at radius 2 is 2.50 bits per heavy atom. The molecule has 1 rings (SSSR count). The van der Waals surface area contributed by atoms with E-state index in [0.29, 0.717) is 0 Å². The van der Waals surface area contributed by atoms with Crippen molar-refractivity contribution in [2.45, 2.75) is 19.8 Å². The van der Waals surface area contributed by atoms with Gasteiger partial charge in [-0.3, -0.25) is 4.79 Å². The Hall–Kier alpha value is -1.31. The fraction of sp³-hybridized carbons (Fsp3) is 0.300. The number of aryl methyl sites for hydroxylation is 1. The number of hydrogen-bond acceptors (Lipinski definition) is 2. The minimum Gasteiger partial charge on any atom is -0.469 e. The number of carbonyl (C=O) groups is 1. The monoisotopic (exact) mass is 164 g/mol. The van der Waals surface area contributed by atoms with Gasteiger partial charge in [0.1, 0.15) is 12.0 Å². The summed E-state index contributed by atoms with van der Waals surface area (Å²) in [6.45, 7) is 1.94. The van der Waals surface area contributed by atoms with Crippen molar-refractivity contribution >= 4 is 6.29 Å². The van der Waals surface area contributed by atoms with Crippen LogP contribution >= 0.6 is 0 Å². The van der Waals surface area contributed by atoms with E-state index >= 15 is 0 Å². The zero-order valence-electron chi connectivity index (χ0n) is 7.12. The van der Waals surface area contributed by atoms with Gasteiger partial charge in [0.2, 0.25) is 0 Å². The summed E-state index contributed by atoms with van der Waals surface area (Å²) in [6.07, 6.45) is 5.81. The molecule has 0 bridgehead atoms. The quantitative estimate of drug-likeness (QED) is 0.505. The third kappa shape index (κ3) is 2.74. The highest BCUT2D eigenvalue weighted by Crippen LogP contribution is 2.08. The molecule has 0 saturated carbocycles. The molecule has 0 amide bonds. The minimum absolute atomic E-state index is 0.817. The first kappa shape index (κ1) is 8.78. The molecule has 0 aliphatic heterocycles. The maximum Gasteiger partial charge on any atom is 0.142 e. The van der Waals surface area contributed by atoms with Crippen molar-refractivity contribution in [3.63, 3.8) is 0 Å². The molecule has 0 aliphatic carbocycles. The minimum atomic E-state index is 0.817. The van der Waals surface area contributed by atoms with Crippen molar-refractivity contribution in [3.8, 4) is 0 Å².